The van der Waals surface area contributed by atoms with Crippen molar-refractivity contribution in [2.24, 2.45) is 4.40 Å². The molecule has 0 aliphatic rings. The van der Waals surface area contributed by atoms with Gasteiger partial charge in [-0.25, -0.2) is 0 Å². The van der Waals surface area contributed by atoms with Gasteiger partial charge in [0.25, 0.3) is 10.0 Å². The first-order valence-corrected chi connectivity index (χ1v) is 5.48. The monoisotopic (exact) mass is 212 g/mol. The van der Waals surface area contributed by atoms with E-state index in [4.69, 9.17) is 0 Å². The van der Waals surface area contributed by atoms with Crippen molar-refractivity contribution in [2.45, 2.75) is 4.90 Å². The zero-order chi connectivity index (χ0) is 10.6. The lowest BCUT2D eigenvalue weighted by molar-refractivity contribution is 0.595. The van der Waals surface area contributed by atoms with E-state index in [2.05, 4.69) is 4.40 Å². The summed E-state index contributed by atoms with van der Waals surface area (Å²) in [5.41, 5.74) is 0. The maximum atomic E-state index is 11.5. The van der Waals surface area contributed by atoms with Crippen LogP contribution < -0.4 is 0 Å². The Morgan fingerprint density at radius 3 is 2.29 bits per heavy atom. The number of nitrogens with zero attached hydrogens (tertiary/aromatic N) is 2. The van der Waals surface area contributed by atoms with Gasteiger partial charge < -0.3 is 4.90 Å². The van der Waals surface area contributed by atoms with Crippen LogP contribution in [-0.4, -0.2) is 33.8 Å². The molecule has 0 aromatic heterocycles. The van der Waals surface area contributed by atoms with Gasteiger partial charge in [-0.1, -0.05) is 18.2 Å². The number of benzene rings is 1. The maximum Gasteiger partial charge on any atom is 0.283 e. The molecule has 0 bridgehead atoms. The molecule has 0 saturated carbocycles. The summed E-state index contributed by atoms with van der Waals surface area (Å²) in [5.74, 6) is 0. The lowest BCUT2D eigenvalue weighted by atomic mass is 10.4. The molecule has 0 radical (unpaired) electrons. The van der Waals surface area contributed by atoms with Crippen molar-refractivity contribution >= 4 is 16.4 Å². The minimum atomic E-state index is -3.53. The van der Waals surface area contributed by atoms with Gasteiger partial charge in [-0.15, -0.1) is 4.40 Å². The summed E-state index contributed by atoms with van der Waals surface area (Å²) in [6, 6.07) is 8.12. The predicted molar refractivity (Wildman–Crippen MR) is 55.8 cm³/mol. The Hall–Kier alpha value is -1.36. The molecule has 0 aliphatic carbocycles. The van der Waals surface area contributed by atoms with E-state index in [0.29, 0.717) is 0 Å². The van der Waals surface area contributed by atoms with Gasteiger partial charge in [0.1, 0.15) is 6.34 Å². The minimum Gasteiger partial charge on any atom is -0.368 e. The fourth-order valence-electron chi connectivity index (χ4n) is 0.810. The summed E-state index contributed by atoms with van der Waals surface area (Å²) in [6.07, 6.45) is 1.27. The van der Waals surface area contributed by atoms with Crippen LogP contribution in [0.3, 0.4) is 0 Å². The van der Waals surface area contributed by atoms with Crippen molar-refractivity contribution in [1.82, 2.24) is 4.90 Å². The SMILES string of the molecule is CN(C)/C=N/S(=O)(=O)c1ccccc1. The van der Waals surface area contributed by atoms with Crippen molar-refractivity contribution in [3.63, 3.8) is 0 Å². The van der Waals surface area contributed by atoms with E-state index in [1.807, 2.05) is 0 Å². The van der Waals surface area contributed by atoms with Crippen LogP contribution >= 0.6 is 0 Å². The molecule has 0 atom stereocenters. The van der Waals surface area contributed by atoms with Crippen LogP contribution in [0.4, 0.5) is 0 Å². The molecule has 1 aromatic carbocycles. The van der Waals surface area contributed by atoms with Crippen molar-refractivity contribution in [3.05, 3.63) is 30.3 Å². The highest BCUT2D eigenvalue weighted by Gasteiger charge is 2.09. The quantitative estimate of drug-likeness (QED) is 0.554. The Balaban J connectivity index is 2.99. The predicted octanol–water partition coefficient (Wildman–Crippen LogP) is 0.965. The Bertz CT molecular complexity index is 410. The summed E-state index contributed by atoms with van der Waals surface area (Å²) in [5, 5.41) is 0. The number of hydrogen-bond acceptors (Lipinski definition) is 2. The largest absolute Gasteiger partial charge is 0.368 e. The standard InChI is InChI=1S/C9H12N2O2S/c1-11(2)8-10-14(12,13)9-6-4-3-5-7-9/h3-8H,1-2H3/b10-8+. The Morgan fingerprint density at radius 2 is 1.79 bits per heavy atom. The maximum absolute atomic E-state index is 11.5. The second-order valence-corrected chi connectivity index (χ2v) is 4.60. The molecule has 0 amide bonds. The van der Waals surface area contributed by atoms with Crippen LogP contribution in [0.5, 0.6) is 0 Å². The summed E-state index contributed by atoms with van der Waals surface area (Å²) in [7, 11) is -0.103. The van der Waals surface area contributed by atoms with Gasteiger partial charge in [-0.05, 0) is 12.1 Å². The normalized spacial score (nSPS) is 11.9. The van der Waals surface area contributed by atoms with Gasteiger partial charge >= 0.3 is 0 Å². The highest BCUT2D eigenvalue weighted by Crippen LogP contribution is 2.10. The Morgan fingerprint density at radius 1 is 1.21 bits per heavy atom. The first kappa shape index (κ1) is 10.7. The van der Waals surface area contributed by atoms with Crippen LogP contribution in [0.2, 0.25) is 0 Å². The van der Waals surface area contributed by atoms with Crippen LogP contribution in [0.15, 0.2) is 39.6 Å². The van der Waals surface area contributed by atoms with E-state index < -0.39 is 10.0 Å². The molecule has 0 N–H and O–H groups in total. The smallest absolute Gasteiger partial charge is 0.283 e. The fraction of sp³-hybridized carbons (Fsp3) is 0.222. The first-order valence-electron chi connectivity index (χ1n) is 4.04. The van der Waals surface area contributed by atoms with E-state index in [0.717, 1.165) is 0 Å². The van der Waals surface area contributed by atoms with Gasteiger partial charge in [-0.2, -0.15) is 8.42 Å². The third-order valence-electron chi connectivity index (χ3n) is 1.46. The molecular formula is C9H12N2O2S. The molecule has 1 rings (SSSR count). The lowest BCUT2D eigenvalue weighted by Crippen LogP contribution is -2.10. The van der Waals surface area contributed by atoms with E-state index in [-0.39, 0.29) is 4.90 Å². The highest BCUT2D eigenvalue weighted by molar-refractivity contribution is 7.90. The Kier molecular flexibility index (Phi) is 3.24. The molecule has 0 heterocycles. The molecule has 76 valence electrons. The molecule has 14 heavy (non-hydrogen) atoms. The van der Waals surface area contributed by atoms with Crippen molar-refractivity contribution in [1.29, 1.82) is 0 Å². The second-order valence-electron chi connectivity index (χ2n) is 2.97. The van der Waals surface area contributed by atoms with E-state index in [1.54, 1.807) is 37.2 Å². The van der Waals surface area contributed by atoms with Crippen LogP contribution in [0.1, 0.15) is 0 Å². The van der Waals surface area contributed by atoms with Crippen molar-refractivity contribution in [3.8, 4) is 0 Å². The van der Waals surface area contributed by atoms with Crippen LogP contribution in [-0.2, 0) is 10.0 Å². The van der Waals surface area contributed by atoms with Crippen molar-refractivity contribution in [2.75, 3.05) is 14.1 Å². The zero-order valence-electron chi connectivity index (χ0n) is 8.08. The molecule has 0 saturated heterocycles. The van der Waals surface area contributed by atoms with Gasteiger partial charge in [-0.3, -0.25) is 0 Å². The average molecular weight is 212 g/mol. The first-order chi connectivity index (χ1) is 6.52. The molecular weight excluding hydrogens is 200 g/mol. The zero-order valence-corrected chi connectivity index (χ0v) is 8.90. The van der Waals surface area contributed by atoms with Gasteiger partial charge in [0.05, 0.1) is 4.90 Å². The average Bonchev–Trinajstić information content (AvgIpc) is 2.16. The van der Waals surface area contributed by atoms with Crippen LogP contribution in [0, 0.1) is 0 Å². The molecule has 5 heteroatoms. The van der Waals surface area contributed by atoms with Crippen molar-refractivity contribution < 1.29 is 8.42 Å². The molecule has 0 spiro atoms. The summed E-state index contributed by atoms with van der Waals surface area (Å²) in [6.45, 7) is 0. The summed E-state index contributed by atoms with van der Waals surface area (Å²) < 4.78 is 26.5. The lowest BCUT2D eigenvalue weighted by Gasteiger charge is -2.02. The summed E-state index contributed by atoms with van der Waals surface area (Å²) >= 11 is 0. The van der Waals surface area contributed by atoms with Gasteiger partial charge in [0.15, 0.2) is 0 Å². The van der Waals surface area contributed by atoms with Crippen LogP contribution in [0.25, 0.3) is 0 Å². The third-order valence-corrected chi connectivity index (χ3v) is 2.70. The van der Waals surface area contributed by atoms with E-state index >= 15 is 0 Å². The minimum absolute atomic E-state index is 0.207. The number of rotatable bonds is 3. The van der Waals surface area contributed by atoms with Gasteiger partial charge in [0, 0.05) is 14.1 Å². The molecule has 0 unspecified atom stereocenters. The van der Waals surface area contributed by atoms with Gasteiger partial charge in [0.2, 0.25) is 0 Å². The number of hydrogen-bond donors (Lipinski definition) is 0. The number of sulfonamides is 1. The highest BCUT2D eigenvalue weighted by atomic mass is 32.2. The molecule has 0 fully saturated rings. The fourth-order valence-corrected chi connectivity index (χ4v) is 1.75. The molecule has 4 nitrogen and oxygen atoms in total. The van der Waals surface area contributed by atoms with E-state index in [9.17, 15) is 8.42 Å². The molecule has 1 aromatic rings. The van der Waals surface area contributed by atoms with E-state index in [1.165, 1.54) is 18.5 Å². The molecule has 0 aliphatic heterocycles. The topological polar surface area (TPSA) is 49.7 Å². The third kappa shape index (κ3) is 2.85. The second kappa shape index (κ2) is 4.23. The summed E-state index contributed by atoms with van der Waals surface area (Å²) in [4.78, 5) is 1.78. The Labute approximate surface area is 83.9 Å².